The molecule has 0 aliphatic heterocycles. The quantitative estimate of drug-likeness (QED) is 0.735. The van der Waals surface area contributed by atoms with Crippen molar-refractivity contribution in [1.29, 1.82) is 0 Å². The van der Waals surface area contributed by atoms with Gasteiger partial charge in [0.05, 0.1) is 4.90 Å². The summed E-state index contributed by atoms with van der Waals surface area (Å²) in [4.78, 5) is 0.174. The molecular formula is C17H21NO3S. The first-order valence-corrected chi connectivity index (χ1v) is 8.64. The Balaban J connectivity index is 1.85. The van der Waals surface area contributed by atoms with Gasteiger partial charge in [-0.15, -0.1) is 0 Å². The number of hydrogen-bond donors (Lipinski definition) is 0. The number of aryl methyl sites for hydroxylation is 2. The van der Waals surface area contributed by atoms with E-state index in [0.717, 1.165) is 18.4 Å². The maximum absolute atomic E-state index is 12.1. The standard InChI is InChI=1S/C17H21NO3S/c1-15-10-12-17(13-11-15)22(19,20)21-18(2)14-6-9-16-7-4-3-5-8-16/h3-5,7-8,10-13H,6,9,14H2,1-2H3. The average Bonchev–Trinajstić information content (AvgIpc) is 2.48. The predicted molar refractivity (Wildman–Crippen MR) is 86.8 cm³/mol. The molecular weight excluding hydrogens is 298 g/mol. The number of hydroxylamine groups is 2. The number of nitrogens with zero attached hydrogens (tertiary/aromatic N) is 1. The lowest BCUT2D eigenvalue weighted by atomic mass is 10.1. The molecule has 0 aromatic heterocycles. The SMILES string of the molecule is Cc1ccc(S(=O)(=O)ON(C)CCCc2ccccc2)cc1. The molecule has 0 N–H and O–H groups in total. The van der Waals surface area contributed by atoms with Crippen LogP contribution in [-0.2, 0) is 20.8 Å². The summed E-state index contributed by atoms with van der Waals surface area (Å²) < 4.78 is 29.4. The van der Waals surface area contributed by atoms with E-state index in [1.807, 2.05) is 25.1 Å². The maximum Gasteiger partial charge on any atom is 0.313 e. The van der Waals surface area contributed by atoms with Crippen LogP contribution in [0.5, 0.6) is 0 Å². The van der Waals surface area contributed by atoms with E-state index in [2.05, 4.69) is 12.1 Å². The zero-order valence-corrected chi connectivity index (χ0v) is 13.7. The van der Waals surface area contributed by atoms with Gasteiger partial charge in [0.1, 0.15) is 0 Å². The third-order valence-corrected chi connectivity index (χ3v) is 4.62. The highest BCUT2D eigenvalue weighted by atomic mass is 32.2. The van der Waals surface area contributed by atoms with Crippen LogP contribution in [-0.4, -0.2) is 27.1 Å². The van der Waals surface area contributed by atoms with Gasteiger partial charge in [0.2, 0.25) is 0 Å². The van der Waals surface area contributed by atoms with Gasteiger partial charge in [0, 0.05) is 13.6 Å². The van der Waals surface area contributed by atoms with Crippen LogP contribution < -0.4 is 0 Å². The van der Waals surface area contributed by atoms with E-state index in [-0.39, 0.29) is 4.90 Å². The zero-order valence-electron chi connectivity index (χ0n) is 12.9. The highest BCUT2D eigenvalue weighted by molar-refractivity contribution is 7.86. The van der Waals surface area contributed by atoms with Gasteiger partial charge in [-0.1, -0.05) is 48.0 Å². The van der Waals surface area contributed by atoms with Gasteiger partial charge in [-0.05, 0) is 37.5 Å². The minimum Gasteiger partial charge on any atom is -0.192 e. The molecule has 2 aromatic carbocycles. The van der Waals surface area contributed by atoms with E-state index in [4.69, 9.17) is 4.28 Å². The molecule has 4 nitrogen and oxygen atoms in total. The fourth-order valence-electron chi connectivity index (χ4n) is 2.10. The molecule has 0 aliphatic carbocycles. The van der Waals surface area contributed by atoms with Crippen molar-refractivity contribution in [2.75, 3.05) is 13.6 Å². The molecule has 0 fully saturated rings. The first-order chi connectivity index (χ1) is 10.5. The van der Waals surface area contributed by atoms with Crippen LogP contribution in [0.1, 0.15) is 17.5 Å². The van der Waals surface area contributed by atoms with E-state index >= 15 is 0 Å². The molecule has 22 heavy (non-hydrogen) atoms. The first-order valence-electron chi connectivity index (χ1n) is 7.24. The van der Waals surface area contributed by atoms with E-state index in [9.17, 15) is 8.42 Å². The maximum atomic E-state index is 12.1. The fourth-order valence-corrected chi connectivity index (χ4v) is 3.07. The largest absolute Gasteiger partial charge is 0.313 e. The third-order valence-electron chi connectivity index (χ3n) is 3.32. The van der Waals surface area contributed by atoms with Gasteiger partial charge in [-0.25, -0.2) is 0 Å². The molecule has 0 unspecified atom stereocenters. The Morgan fingerprint density at radius 1 is 1.00 bits per heavy atom. The molecule has 0 atom stereocenters. The lowest BCUT2D eigenvalue weighted by Gasteiger charge is -2.16. The first kappa shape index (κ1) is 16.7. The highest BCUT2D eigenvalue weighted by Gasteiger charge is 2.17. The van der Waals surface area contributed by atoms with Gasteiger partial charge in [0.15, 0.2) is 0 Å². The van der Waals surface area contributed by atoms with Crippen LogP contribution in [0.2, 0.25) is 0 Å². The molecule has 0 saturated heterocycles. The van der Waals surface area contributed by atoms with Gasteiger partial charge >= 0.3 is 10.1 Å². The third kappa shape index (κ3) is 4.94. The lowest BCUT2D eigenvalue weighted by Crippen LogP contribution is -2.24. The van der Waals surface area contributed by atoms with Crippen molar-refractivity contribution in [3.05, 3.63) is 65.7 Å². The molecule has 2 aromatic rings. The summed E-state index contributed by atoms with van der Waals surface area (Å²) in [5.41, 5.74) is 2.24. The van der Waals surface area contributed by atoms with Crippen LogP contribution in [0.3, 0.4) is 0 Å². The van der Waals surface area contributed by atoms with Crippen molar-refractivity contribution in [2.45, 2.75) is 24.7 Å². The number of hydrogen-bond acceptors (Lipinski definition) is 4. The Bertz CT molecular complexity index is 682. The molecule has 118 valence electrons. The summed E-state index contributed by atoms with van der Waals surface area (Å²) in [6, 6.07) is 16.7. The molecule has 0 bridgehead atoms. The summed E-state index contributed by atoms with van der Waals surface area (Å²) in [7, 11) is -2.11. The minimum absolute atomic E-state index is 0.174. The van der Waals surface area contributed by atoms with Crippen LogP contribution in [0.4, 0.5) is 0 Å². The fraction of sp³-hybridized carbons (Fsp3) is 0.294. The summed E-state index contributed by atoms with van der Waals surface area (Å²) >= 11 is 0. The van der Waals surface area contributed by atoms with Crippen LogP contribution in [0.25, 0.3) is 0 Å². The van der Waals surface area contributed by atoms with Crippen molar-refractivity contribution in [3.63, 3.8) is 0 Å². The normalized spacial score (nSPS) is 11.8. The van der Waals surface area contributed by atoms with Crippen molar-refractivity contribution in [2.24, 2.45) is 0 Å². The van der Waals surface area contributed by atoms with Crippen LogP contribution in [0.15, 0.2) is 59.5 Å². The molecule has 5 heteroatoms. The Hall–Kier alpha value is -1.69. The lowest BCUT2D eigenvalue weighted by molar-refractivity contribution is -0.0245. The molecule has 0 radical (unpaired) electrons. The molecule has 0 saturated carbocycles. The van der Waals surface area contributed by atoms with E-state index < -0.39 is 10.1 Å². The second-order valence-corrected chi connectivity index (χ2v) is 6.81. The average molecular weight is 319 g/mol. The van der Waals surface area contributed by atoms with Crippen LogP contribution >= 0.6 is 0 Å². The minimum atomic E-state index is -3.75. The van der Waals surface area contributed by atoms with Gasteiger partial charge in [-0.3, -0.25) is 0 Å². The van der Waals surface area contributed by atoms with Crippen LogP contribution in [0, 0.1) is 6.92 Å². The second kappa shape index (κ2) is 7.54. The Labute approximate surface area is 132 Å². The van der Waals surface area contributed by atoms with Crippen molar-refractivity contribution < 1.29 is 12.7 Å². The van der Waals surface area contributed by atoms with E-state index in [1.165, 1.54) is 10.6 Å². The van der Waals surface area contributed by atoms with Crippen molar-refractivity contribution in [3.8, 4) is 0 Å². The summed E-state index contributed by atoms with van der Waals surface area (Å²) in [5, 5.41) is 1.37. The smallest absolute Gasteiger partial charge is 0.192 e. The molecule has 0 heterocycles. The highest BCUT2D eigenvalue weighted by Crippen LogP contribution is 2.14. The summed E-state index contributed by atoms with van der Waals surface area (Å²) in [6.07, 6.45) is 1.71. The Morgan fingerprint density at radius 2 is 1.64 bits per heavy atom. The van der Waals surface area contributed by atoms with Crippen molar-refractivity contribution >= 4 is 10.1 Å². The Morgan fingerprint density at radius 3 is 2.27 bits per heavy atom. The zero-order chi connectivity index (χ0) is 16.0. The van der Waals surface area contributed by atoms with Gasteiger partial charge in [-0.2, -0.15) is 17.8 Å². The number of rotatable bonds is 7. The topological polar surface area (TPSA) is 46.6 Å². The monoisotopic (exact) mass is 319 g/mol. The second-order valence-electron chi connectivity index (χ2n) is 5.28. The number of benzene rings is 2. The van der Waals surface area contributed by atoms with Gasteiger partial charge in [0.25, 0.3) is 0 Å². The van der Waals surface area contributed by atoms with E-state index in [1.54, 1.807) is 31.3 Å². The predicted octanol–water partition coefficient (Wildman–Crippen LogP) is 3.18. The Kier molecular flexibility index (Phi) is 5.71. The summed E-state index contributed by atoms with van der Waals surface area (Å²) in [5.74, 6) is 0. The molecule has 0 amide bonds. The molecule has 0 spiro atoms. The summed E-state index contributed by atoms with van der Waals surface area (Å²) in [6.45, 7) is 2.45. The molecule has 2 rings (SSSR count). The van der Waals surface area contributed by atoms with Gasteiger partial charge < -0.3 is 0 Å². The van der Waals surface area contributed by atoms with E-state index in [0.29, 0.717) is 6.54 Å². The van der Waals surface area contributed by atoms with Crippen molar-refractivity contribution in [1.82, 2.24) is 5.06 Å². The molecule has 0 aliphatic rings.